The third-order valence-electron chi connectivity index (χ3n) is 1.39. The molecule has 0 aromatic carbocycles. The van der Waals surface area contributed by atoms with Crippen LogP contribution in [0.4, 0.5) is 0 Å². The van der Waals surface area contributed by atoms with E-state index in [1.165, 1.54) is 17.6 Å². The van der Waals surface area contributed by atoms with Crippen LogP contribution in [0.1, 0.15) is 13.3 Å². The molecule has 0 aromatic rings. The summed E-state index contributed by atoms with van der Waals surface area (Å²) in [5.41, 5.74) is 2.62. The molecule has 0 radical (unpaired) electrons. The summed E-state index contributed by atoms with van der Waals surface area (Å²) in [5, 5.41) is 0. The van der Waals surface area contributed by atoms with E-state index in [4.69, 9.17) is 0 Å². The number of hydrogen-bond acceptors (Lipinski definition) is 0. The van der Waals surface area contributed by atoms with Crippen LogP contribution in [0.15, 0.2) is 24.3 Å². The fraction of sp³-hybridized carbons (Fsp3) is 0.429. The molecule has 1 atom stereocenters. The largest absolute Gasteiger partial charge is 0.0995 e. The topological polar surface area (TPSA) is 0 Å². The van der Waals surface area contributed by atoms with Gasteiger partial charge in [-0.25, -0.2) is 0 Å². The normalized spacial score (nSPS) is 27.6. The van der Waals surface area contributed by atoms with Gasteiger partial charge in [-0.1, -0.05) is 24.3 Å². The molecule has 0 bridgehead atoms. The molecule has 0 nitrogen and oxygen atoms in total. The van der Waals surface area contributed by atoms with Crippen molar-refractivity contribution in [2.75, 3.05) is 0 Å². The first-order valence-corrected chi connectivity index (χ1v) is 2.55. The first kappa shape index (κ1) is 4.63. The second-order valence-electron chi connectivity index (χ2n) is 2.26. The Morgan fingerprint density at radius 2 is 2.29 bits per heavy atom. The quantitative estimate of drug-likeness (QED) is 0.437. The minimum atomic E-state index is 0.681. The van der Waals surface area contributed by atoms with Gasteiger partial charge in [0.15, 0.2) is 0 Å². The summed E-state index contributed by atoms with van der Waals surface area (Å²) >= 11 is 0. The minimum Gasteiger partial charge on any atom is -0.0995 e. The highest BCUT2D eigenvalue weighted by atomic mass is 14.3. The SMILES string of the molecule is C=C(C)C1CC1=C. The first-order valence-electron chi connectivity index (χ1n) is 2.55. The smallest absolute Gasteiger partial charge is 0.00364 e. The van der Waals surface area contributed by atoms with Gasteiger partial charge in [-0.05, 0) is 13.3 Å². The van der Waals surface area contributed by atoms with Crippen molar-refractivity contribution in [3.63, 3.8) is 0 Å². The third-order valence-corrected chi connectivity index (χ3v) is 1.39. The molecule has 0 saturated heterocycles. The Kier molecular flexibility index (Phi) is 0.810. The summed E-state index contributed by atoms with van der Waals surface area (Å²) in [6.07, 6.45) is 1.19. The van der Waals surface area contributed by atoms with Crippen molar-refractivity contribution in [2.45, 2.75) is 13.3 Å². The zero-order valence-corrected chi connectivity index (χ0v) is 4.70. The van der Waals surface area contributed by atoms with Gasteiger partial charge >= 0.3 is 0 Å². The maximum absolute atomic E-state index is 3.81. The molecule has 1 aliphatic carbocycles. The van der Waals surface area contributed by atoms with Crippen LogP contribution in [0.5, 0.6) is 0 Å². The van der Waals surface area contributed by atoms with E-state index in [2.05, 4.69) is 20.1 Å². The molecule has 0 spiro atoms. The lowest BCUT2D eigenvalue weighted by atomic mass is 10.2. The summed E-state index contributed by atoms with van der Waals surface area (Å²) in [4.78, 5) is 0. The Hall–Kier alpha value is -0.520. The lowest BCUT2D eigenvalue weighted by molar-refractivity contribution is 1.05. The second-order valence-corrected chi connectivity index (χ2v) is 2.26. The van der Waals surface area contributed by atoms with Crippen molar-refractivity contribution in [2.24, 2.45) is 5.92 Å². The molecule has 0 amide bonds. The lowest BCUT2D eigenvalue weighted by Gasteiger charge is -1.84. The lowest BCUT2D eigenvalue weighted by Crippen LogP contribution is -1.70. The van der Waals surface area contributed by atoms with Crippen LogP contribution in [-0.4, -0.2) is 0 Å². The summed E-state index contributed by atoms with van der Waals surface area (Å²) in [6, 6.07) is 0. The number of hydrogen-bond donors (Lipinski definition) is 0. The van der Waals surface area contributed by atoms with Crippen LogP contribution in [-0.2, 0) is 0 Å². The fourth-order valence-electron chi connectivity index (χ4n) is 0.726. The van der Waals surface area contributed by atoms with Gasteiger partial charge in [-0.3, -0.25) is 0 Å². The van der Waals surface area contributed by atoms with E-state index in [0.29, 0.717) is 5.92 Å². The van der Waals surface area contributed by atoms with Gasteiger partial charge in [-0.2, -0.15) is 0 Å². The maximum atomic E-state index is 3.81. The molecule has 38 valence electrons. The zero-order chi connectivity index (χ0) is 5.44. The van der Waals surface area contributed by atoms with Crippen LogP contribution < -0.4 is 0 Å². The molecular formula is C7H10. The monoisotopic (exact) mass is 94.1 g/mol. The van der Waals surface area contributed by atoms with E-state index in [-0.39, 0.29) is 0 Å². The van der Waals surface area contributed by atoms with Crippen molar-refractivity contribution in [3.05, 3.63) is 24.3 Å². The van der Waals surface area contributed by atoms with Crippen molar-refractivity contribution in [1.82, 2.24) is 0 Å². The maximum Gasteiger partial charge on any atom is 0.00364 e. The summed E-state index contributed by atoms with van der Waals surface area (Å²) < 4.78 is 0. The molecular weight excluding hydrogens is 84.1 g/mol. The third kappa shape index (κ3) is 0.738. The van der Waals surface area contributed by atoms with Crippen LogP contribution in [0.2, 0.25) is 0 Å². The molecule has 1 rings (SSSR count). The fourth-order valence-corrected chi connectivity index (χ4v) is 0.726. The Balaban J connectivity index is 2.48. The van der Waals surface area contributed by atoms with Crippen LogP contribution in [0.3, 0.4) is 0 Å². The summed E-state index contributed by atoms with van der Waals surface area (Å²) in [5.74, 6) is 0.681. The van der Waals surface area contributed by atoms with Gasteiger partial charge in [0.05, 0.1) is 0 Å². The van der Waals surface area contributed by atoms with Crippen molar-refractivity contribution in [1.29, 1.82) is 0 Å². The molecule has 0 aliphatic heterocycles. The van der Waals surface area contributed by atoms with Gasteiger partial charge in [0.25, 0.3) is 0 Å². The van der Waals surface area contributed by atoms with Crippen LogP contribution in [0.25, 0.3) is 0 Å². The highest BCUT2D eigenvalue weighted by molar-refractivity contribution is 5.29. The molecule has 7 heavy (non-hydrogen) atoms. The van der Waals surface area contributed by atoms with E-state index in [0.717, 1.165) is 0 Å². The minimum absolute atomic E-state index is 0.681. The van der Waals surface area contributed by atoms with Gasteiger partial charge in [0.2, 0.25) is 0 Å². The van der Waals surface area contributed by atoms with E-state index in [1.807, 2.05) is 0 Å². The Labute approximate surface area is 44.5 Å². The molecule has 0 N–H and O–H groups in total. The molecule has 0 aromatic heterocycles. The molecule has 0 heteroatoms. The van der Waals surface area contributed by atoms with Crippen LogP contribution >= 0.6 is 0 Å². The number of allylic oxidation sites excluding steroid dienone is 2. The highest BCUT2D eigenvalue weighted by Gasteiger charge is 2.26. The number of rotatable bonds is 1. The van der Waals surface area contributed by atoms with E-state index >= 15 is 0 Å². The average Bonchev–Trinajstić information content (AvgIpc) is 2.17. The standard InChI is InChI=1S/C7H10/c1-5(2)7-4-6(7)3/h7H,1,3-4H2,2H3. The summed E-state index contributed by atoms with van der Waals surface area (Å²) in [6.45, 7) is 9.67. The molecule has 1 unspecified atom stereocenters. The van der Waals surface area contributed by atoms with Gasteiger partial charge in [0.1, 0.15) is 0 Å². The first-order chi connectivity index (χ1) is 3.22. The Bertz CT molecular complexity index is 120. The predicted octanol–water partition coefficient (Wildman–Crippen LogP) is 2.14. The molecule has 1 fully saturated rings. The Morgan fingerprint density at radius 1 is 1.86 bits per heavy atom. The molecule has 0 heterocycles. The highest BCUT2D eigenvalue weighted by Crippen LogP contribution is 2.40. The van der Waals surface area contributed by atoms with Crippen molar-refractivity contribution < 1.29 is 0 Å². The average molecular weight is 94.2 g/mol. The summed E-state index contributed by atoms with van der Waals surface area (Å²) in [7, 11) is 0. The van der Waals surface area contributed by atoms with E-state index in [9.17, 15) is 0 Å². The predicted molar refractivity (Wildman–Crippen MR) is 32.1 cm³/mol. The zero-order valence-electron chi connectivity index (χ0n) is 4.70. The van der Waals surface area contributed by atoms with Gasteiger partial charge in [-0.15, -0.1) is 0 Å². The Morgan fingerprint density at radius 3 is 2.29 bits per heavy atom. The molecule has 1 aliphatic rings. The van der Waals surface area contributed by atoms with Crippen molar-refractivity contribution in [3.8, 4) is 0 Å². The van der Waals surface area contributed by atoms with Crippen LogP contribution in [0, 0.1) is 5.92 Å². The van der Waals surface area contributed by atoms with Crippen molar-refractivity contribution >= 4 is 0 Å². The van der Waals surface area contributed by atoms with Gasteiger partial charge < -0.3 is 0 Å². The van der Waals surface area contributed by atoms with E-state index < -0.39 is 0 Å². The van der Waals surface area contributed by atoms with E-state index in [1.54, 1.807) is 0 Å². The second kappa shape index (κ2) is 1.22. The van der Waals surface area contributed by atoms with Gasteiger partial charge in [0, 0.05) is 5.92 Å². The molecule has 1 saturated carbocycles.